The maximum atomic E-state index is 12.7. The second kappa shape index (κ2) is 6.80. The summed E-state index contributed by atoms with van der Waals surface area (Å²) < 4.78 is 5.30. The minimum Gasteiger partial charge on any atom is -0.360 e. The quantitative estimate of drug-likeness (QED) is 0.707. The Morgan fingerprint density at radius 2 is 1.84 bits per heavy atom. The van der Waals surface area contributed by atoms with E-state index in [4.69, 9.17) is 4.52 Å². The van der Waals surface area contributed by atoms with Crippen LogP contribution in [0.1, 0.15) is 52.0 Å². The Bertz CT molecular complexity index is 907. The smallest absolute Gasteiger partial charge is 0.262 e. The van der Waals surface area contributed by atoms with Gasteiger partial charge in [-0.2, -0.15) is 0 Å². The lowest BCUT2D eigenvalue weighted by Gasteiger charge is -2.04. The molecule has 1 N–H and O–H groups in total. The van der Waals surface area contributed by atoms with Crippen molar-refractivity contribution in [3.05, 3.63) is 51.7 Å². The highest BCUT2D eigenvalue weighted by Gasteiger charge is 2.23. The van der Waals surface area contributed by atoms with Crippen LogP contribution in [0.4, 0.5) is 5.13 Å². The van der Waals surface area contributed by atoms with Gasteiger partial charge >= 0.3 is 0 Å². The minimum absolute atomic E-state index is 0.0862. The van der Waals surface area contributed by atoms with Crippen LogP contribution in [0.3, 0.4) is 0 Å². The second-order valence-corrected chi connectivity index (χ2v) is 7.61. The molecule has 2 heterocycles. The molecule has 6 heteroatoms. The Hall–Kier alpha value is -2.47. The third kappa shape index (κ3) is 3.49. The zero-order valence-corrected chi connectivity index (χ0v) is 15.8. The topological polar surface area (TPSA) is 68.0 Å². The predicted octanol–water partition coefficient (Wildman–Crippen LogP) is 5.10. The van der Waals surface area contributed by atoms with E-state index in [9.17, 15) is 4.79 Å². The van der Waals surface area contributed by atoms with E-state index in [1.165, 1.54) is 16.9 Å². The number of carbonyl (C=O) groups excluding carboxylic acids is 1. The maximum absolute atomic E-state index is 12.7. The highest BCUT2D eigenvalue weighted by molar-refractivity contribution is 7.16. The second-order valence-electron chi connectivity index (χ2n) is 6.41. The lowest BCUT2D eigenvalue weighted by molar-refractivity contribution is 0.102. The van der Waals surface area contributed by atoms with E-state index >= 15 is 0 Å². The van der Waals surface area contributed by atoms with Gasteiger partial charge in [-0.15, -0.1) is 11.3 Å². The van der Waals surface area contributed by atoms with Crippen LogP contribution >= 0.6 is 11.3 Å². The van der Waals surface area contributed by atoms with Gasteiger partial charge in [-0.05, 0) is 20.8 Å². The monoisotopic (exact) mass is 355 g/mol. The molecule has 0 saturated heterocycles. The Labute approximate surface area is 151 Å². The summed E-state index contributed by atoms with van der Waals surface area (Å²) in [6.45, 7) is 9.78. The molecule has 0 radical (unpaired) electrons. The standard InChI is InChI=1S/C19H21N3O2S/c1-10(2)17-15(12(4)22-24-17)18(23)21-19-20-16(13(5)25-19)14-8-6-11(3)7-9-14/h6-10H,1-5H3,(H,20,21,23). The Balaban J connectivity index is 1.87. The number of carbonyl (C=O) groups is 1. The molecule has 0 saturated carbocycles. The summed E-state index contributed by atoms with van der Waals surface area (Å²) in [7, 11) is 0. The van der Waals surface area contributed by atoms with Crippen LogP contribution in [0, 0.1) is 20.8 Å². The molecule has 3 aromatic rings. The number of thiazole rings is 1. The van der Waals surface area contributed by atoms with Crippen molar-refractivity contribution in [3.63, 3.8) is 0 Å². The summed E-state index contributed by atoms with van der Waals surface area (Å²) in [6, 6.07) is 8.21. The summed E-state index contributed by atoms with van der Waals surface area (Å²) >= 11 is 1.47. The molecule has 0 atom stereocenters. The fraction of sp³-hybridized carbons (Fsp3) is 0.316. The van der Waals surface area contributed by atoms with Crippen LogP contribution in [0.5, 0.6) is 0 Å². The summed E-state index contributed by atoms with van der Waals surface area (Å²) in [5, 5.41) is 7.39. The molecular weight excluding hydrogens is 334 g/mol. The van der Waals surface area contributed by atoms with Gasteiger partial charge < -0.3 is 4.52 Å². The van der Waals surface area contributed by atoms with Crippen LogP contribution < -0.4 is 5.32 Å². The van der Waals surface area contributed by atoms with Gasteiger partial charge in [-0.3, -0.25) is 10.1 Å². The van der Waals surface area contributed by atoms with Crippen molar-refractivity contribution in [2.24, 2.45) is 0 Å². The summed E-state index contributed by atoms with van der Waals surface area (Å²) in [5.41, 5.74) is 4.23. The first-order valence-electron chi connectivity index (χ1n) is 8.18. The van der Waals surface area contributed by atoms with Gasteiger partial charge in [-0.1, -0.05) is 48.8 Å². The fourth-order valence-electron chi connectivity index (χ4n) is 2.65. The van der Waals surface area contributed by atoms with Crippen molar-refractivity contribution in [2.45, 2.75) is 40.5 Å². The Kier molecular flexibility index (Phi) is 4.72. The molecule has 25 heavy (non-hydrogen) atoms. The van der Waals surface area contributed by atoms with Gasteiger partial charge in [0.2, 0.25) is 0 Å². The number of hydrogen-bond acceptors (Lipinski definition) is 5. The van der Waals surface area contributed by atoms with E-state index in [2.05, 4.69) is 34.5 Å². The molecule has 0 bridgehead atoms. The van der Waals surface area contributed by atoms with Crippen molar-refractivity contribution in [2.75, 3.05) is 5.32 Å². The van der Waals surface area contributed by atoms with Gasteiger partial charge in [0.05, 0.1) is 11.4 Å². The van der Waals surface area contributed by atoms with Gasteiger partial charge in [-0.25, -0.2) is 4.98 Å². The van der Waals surface area contributed by atoms with Crippen molar-refractivity contribution in [1.29, 1.82) is 0 Å². The van der Waals surface area contributed by atoms with E-state index in [0.29, 0.717) is 22.1 Å². The van der Waals surface area contributed by atoms with Crippen LogP contribution in [0.2, 0.25) is 0 Å². The molecule has 130 valence electrons. The number of nitrogens with zero attached hydrogens (tertiary/aromatic N) is 2. The van der Waals surface area contributed by atoms with Crippen LogP contribution in [0.15, 0.2) is 28.8 Å². The zero-order chi connectivity index (χ0) is 18.1. The summed E-state index contributed by atoms with van der Waals surface area (Å²) in [4.78, 5) is 18.3. The van der Waals surface area contributed by atoms with E-state index in [-0.39, 0.29) is 11.8 Å². The molecule has 0 spiro atoms. The predicted molar refractivity (Wildman–Crippen MR) is 100 cm³/mol. The lowest BCUT2D eigenvalue weighted by Crippen LogP contribution is -2.14. The van der Waals surface area contributed by atoms with E-state index in [1.807, 2.05) is 32.9 Å². The number of nitrogens with one attached hydrogen (secondary N) is 1. The summed E-state index contributed by atoms with van der Waals surface area (Å²) in [6.07, 6.45) is 0. The third-order valence-electron chi connectivity index (χ3n) is 3.98. The number of benzene rings is 1. The number of aromatic nitrogens is 2. The first-order valence-corrected chi connectivity index (χ1v) is 9.00. The Morgan fingerprint density at radius 3 is 2.48 bits per heavy atom. The first kappa shape index (κ1) is 17.4. The molecule has 3 rings (SSSR count). The zero-order valence-electron chi connectivity index (χ0n) is 15.0. The van der Waals surface area contributed by atoms with Crippen LogP contribution in [-0.4, -0.2) is 16.0 Å². The molecule has 0 aliphatic rings. The average Bonchev–Trinajstić information content (AvgIpc) is 3.11. The third-order valence-corrected chi connectivity index (χ3v) is 4.87. The van der Waals surface area contributed by atoms with Crippen molar-refractivity contribution < 1.29 is 9.32 Å². The highest BCUT2D eigenvalue weighted by Crippen LogP contribution is 2.31. The maximum Gasteiger partial charge on any atom is 0.262 e. The molecule has 2 aromatic heterocycles. The molecule has 1 aromatic carbocycles. The van der Waals surface area contributed by atoms with Gasteiger partial charge in [0.1, 0.15) is 5.56 Å². The normalized spacial score (nSPS) is 11.1. The minimum atomic E-state index is -0.230. The highest BCUT2D eigenvalue weighted by atomic mass is 32.1. The van der Waals surface area contributed by atoms with E-state index < -0.39 is 0 Å². The fourth-order valence-corrected chi connectivity index (χ4v) is 3.48. The van der Waals surface area contributed by atoms with Gasteiger partial charge in [0.15, 0.2) is 10.9 Å². The number of anilines is 1. The van der Waals surface area contributed by atoms with Gasteiger partial charge in [0, 0.05) is 16.4 Å². The van der Waals surface area contributed by atoms with Crippen molar-refractivity contribution in [1.82, 2.24) is 10.1 Å². The Morgan fingerprint density at radius 1 is 1.16 bits per heavy atom. The number of hydrogen-bond donors (Lipinski definition) is 1. The number of rotatable bonds is 4. The van der Waals surface area contributed by atoms with Crippen molar-refractivity contribution >= 4 is 22.4 Å². The molecule has 1 amide bonds. The van der Waals surface area contributed by atoms with E-state index in [0.717, 1.165) is 16.1 Å². The first-order chi connectivity index (χ1) is 11.9. The largest absolute Gasteiger partial charge is 0.360 e. The molecule has 0 aliphatic carbocycles. The SMILES string of the molecule is Cc1ccc(-c2nc(NC(=O)c3c(C)noc3C(C)C)sc2C)cc1. The molecule has 0 fully saturated rings. The number of amides is 1. The van der Waals surface area contributed by atoms with E-state index in [1.54, 1.807) is 6.92 Å². The molecule has 5 nitrogen and oxygen atoms in total. The van der Waals surface area contributed by atoms with Gasteiger partial charge in [0.25, 0.3) is 5.91 Å². The van der Waals surface area contributed by atoms with Crippen LogP contribution in [0.25, 0.3) is 11.3 Å². The van der Waals surface area contributed by atoms with Crippen LogP contribution in [-0.2, 0) is 0 Å². The summed E-state index contributed by atoms with van der Waals surface area (Å²) in [5.74, 6) is 0.455. The molecule has 0 aliphatic heterocycles. The average molecular weight is 355 g/mol. The lowest BCUT2D eigenvalue weighted by atomic mass is 10.0. The molecule has 0 unspecified atom stereocenters. The molecular formula is C19H21N3O2S. The number of aryl methyl sites for hydroxylation is 3. The van der Waals surface area contributed by atoms with Crippen molar-refractivity contribution in [3.8, 4) is 11.3 Å².